The normalized spacial score (nSPS) is 24.6. The largest absolute Gasteiger partial charge is 0.459 e. The first-order chi connectivity index (χ1) is 15.2. The number of aliphatic hydroxyl groups excluding tert-OH is 1. The first-order valence-corrected chi connectivity index (χ1v) is 12.5. The number of hydrogen-bond donors (Lipinski definition) is 2. The Morgan fingerprint density at radius 2 is 2.06 bits per heavy atom. The summed E-state index contributed by atoms with van der Waals surface area (Å²) in [7, 11) is 0. The molecule has 1 fully saturated rings. The van der Waals surface area contributed by atoms with Crippen molar-refractivity contribution >= 4 is 27.3 Å². The van der Waals surface area contributed by atoms with Gasteiger partial charge in [0.05, 0.1) is 0 Å². The van der Waals surface area contributed by atoms with Crippen molar-refractivity contribution in [1.82, 2.24) is 5.32 Å². The van der Waals surface area contributed by atoms with Gasteiger partial charge < -0.3 is 19.9 Å². The SMILES string of the molecule is CCO[C@H]1OC(C(=O)NC2CCCCC2)=C[C@@H](c2csc3ccccc23)[C@H]1CCCO. The molecule has 5 nitrogen and oxygen atoms in total. The van der Waals surface area contributed by atoms with Crippen molar-refractivity contribution < 1.29 is 19.4 Å². The van der Waals surface area contributed by atoms with Gasteiger partial charge in [-0.2, -0.15) is 0 Å². The Morgan fingerprint density at radius 1 is 1.26 bits per heavy atom. The van der Waals surface area contributed by atoms with Gasteiger partial charge >= 0.3 is 0 Å². The van der Waals surface area contributed by atoms with Crippen molar-refractivity contribution in [3.63, 3.8) is 0 Å². The third-order valence-corrected chi connectivity index (χ3v) is 7.43. The first-order valence-electron chi connectivity index (χ1n) is 11.6. The number of rotatable bonds is 8. The Labute approximate surface area is 188 Å². The van der Waals surface area contributed by atoms with Crippen LogP contribution in [-0.4, -0.2) is 36.6 Å². The smallest absolute Gasteiger partial charge is 0.286 e. The van der Waals surface area contributed by atoms with Crippen LogP contribution in [0.15, 0.2) is 41.5 Å². The minimum Gasteiger partial charge on any atom is -0.459 e. The summed E-state index contributed by atoms with van der Waals surface area (Å²) in [5.41, 5.74) is 1.21. The number of nitrogens with one attached hydrogen (secondary N) is 1. The summed E-state index contributed by atoms with van der Waals surface area (Å²) < 4.78 is 13.3. The molecule has 1 saturated carbocycles. The van der Waals surface area contributed by atoms with E-state index < -0.39 is 6.29 Å². The van der Waals surface area contributed by atoms with E-state index in [0.717, 1.165) is 19.3 Å². The van der Waals surface area contributed by atoms with Crippen LogP contribution in [0.5, 0.6) is 0 Å². The molecule has 6 heteroatoms. The van der Waals surface area contributed by atoms with Crippen LogP contribution in [-0.2, 0) is 14.3 Å². The van der Waals surface area contributed by atoms with Crippen molar-refractivity contribution in [2.45, 2.75) is 70.1 Å². The highest BCUT2D eigenvalue weighted by Gasteiger charge is 2.39. The summed E-state index contributed by atoms with van der Waals surface area (Å²) in [5.74, 6) is 0.266. The second kappa shape index (κ2) is 10.6. The molecule has 4 rings (SSSR count). The second-order valence-corrected chi connectivity index (χ2v) is 9.43. The van der Waals surface area contributed by atoms with Crippen LogP contribution in [0.25, 0.3) is 10.1 Å². The maximum Gasteiger partial charge on any atom is 0.286 e. The minimum absolute atomic E-state index is 0.0000980. The summed E-state index contributed by atoms with van der Waals surface area (Å²) in [6.07, 6.45) is 8.58. The average molecular weight is 444 g/mol. The van der Waals surface area contributed by atoms with Crippen LogP contribution in [0.3, 0.4) is 0 Å². The van der Waals surface area contributed by atoms with Crippen LogP contribution in [0, 0.1) is 5.92 Å². The zero-order valence-electron chi connectivity index (χ0n) is 18.2. The molecule has 0 radical (unpaired) electrons. The minimum atomic E-state index is -0.502. The van der Waals surface area contributed by atoms with E-state index in [0.29, 0.717) is 18.8 Å². The Kier molecular flexibility index (Phi) is 7.64. The van der Waals surface area contributed by atoms with E-state index in [4.69, 9.17) is 9.47 Å². The Balaban J connectivity index is 1.67. The highest BCUT2D eigenvalue weighted by molar-refractivity contribution is 7.17. The van der Waals surface area contributed by atoms with Crippen molar-refractivity contribution in [2.24, 2.45) is 5.92 Å². The molecule has 1 aromatic heterocycles. The second-order valence-electron chi connectivity index (χ2n) is 8.52. The molecule has 31 heavy (non-hydrogen) atoms. The fourth-order valence-corrected chi connectivity index (χ4v) is 5.89. The zero-order valence-corrected chi connectivity index (χ0v) is 19.0. The molecular formula is C25H33NO4S. The molecule has 168 valence electrons. The van der Waals surface area contributed by atoms with E-state index in [1.807, 2.05) is 13.0 Å². The molecule has 0 bridgehead atoms. The van der Waals surface area contributed by atoms with E-state index in [2.05, 4.69) is 35.0 Å². The lowest BCUT2D eigenvalue weighted by molar-refractivity contribution is -0.166. The lowest BCUT2D eigenvalue weighted by Crippen LogP contribution is -2.42. The molecule has 0 spiro atoms. The Hall–Kier alpha value is -1.89. The van der Waals surface area contributed by atoms with Crippen LogP contribution < -0.4 is 5.32 Å². The number of benzene rings is 1. The summed E-state index contributed by atoms with van der Waals surface area (Å²) in [5, 5.41) is 16.1. The van der Waals surface area contributed by atoms with Crippen molar-refractivity contribution in [1.29, 1.82) is 0 Å². The quantitative estimate of drug-likeness (QED) is 0.596. The molecule has 1 amide bonds. The maximum atomic E-state index is 13.1. The number of aliphatic hydroxyl groups is 1. The predicted octanol–water partition coefficient (Wildman–Crippen LogP) is 5.10. The molecule has 1 aromatic carbocycles. The number of fused-ring (bicyclic) bond motifs is 1. The van der Waals surface area contributed by atoms with Gasteiger partial charge in [0.15, 0.2) is 5.76 Å². The highest BCUT2D eigenvalue weighted by Crippen LogP contribution is 2.43. The lowest BCUT2D eigenvalue weighted by Gasteiger charge is -2.37. The number of amides is 1. The topological polar surface area (TPSA) is 67.8 Å². The van der Waals surface area contributed by atoms with Gasteiger partial charge in [-0.1, -0.05) is 37.5 Å². The molecule has 2 heterocycles. The molecule has 0 saturated heterocycles. The van der Waals surface area contributed by atoms with Crippen LogP contribution in [0.1, 0.15) is 63.4 Å². The van der Waals surface area contributed by atoms with E-state index in [9.17, 15) is 9.90 Å². The van der Waals surface area contributed by atoms with Crippen LogP contribution in [0.2, 0.25) is 0 Å². The fourth-order valence-electron chi connectivity index (χ4n) is 4.88. The molecule has 0 unspecified atom stereocenters. The summed E-state index contributed by atoms with van der Waals surface area (Å²) >= 11 is 1.73. The Bertz CT molecular complexity index is 902. The number of ether oxygens (including phenoxy) is 2. The van der Waals surface area contributed by atoms with Gasteiger partial charge in [0.25, 0.3) is 5.91 Å². The van der Waals surface area contributed by atoms with Crippen LogP contribution >= 0.6 is 11.3 Å². The third kappa shape index (κ3) is 5.13. The van der Waals surface area contributed by atoms with E-state index in [1.54, 1.807) is 11.3 Å². The van der Waals surface area contributed by atoms with Gasteiger partial charge in [0, 0.05) is 35.8 Å². The molecule has 2 aromatic rings. The lowest BCUT2D eigenvalue weighted by atomic mass is 9.80. The van der Waals surface area contributed by atoms with E-state index >= 15 is 0 Å². The third-order valence-electron chi connectivity index (χ3n) is 6.45. The number of carbonyl (C=O) groups is 1. The predicted molar refractivity (Wildman–Crippen MR) is 124 cm³/mol. The van der Waals surface area contributed by atoms with Gasteiger partial charge in [-0.3, -0.25) is 4.79 Å². The summed E-state index contributed by atoms with van der Waals surface area (Å²) in [4.78, 5) is 13.1. The van der Waals surface area contributed by atoms with Gasteiger partial charge in [-0.25, -0.2) is 0 Å². The maximum absolute atomic E-state index is 13.1. The number of hydrogen-bond acceptors (Lipinski definition) is 5. The van der Waals surface area contributed by atoms with Crippen molar-refractivity contribution in [2.75, 3.05) is 13.2 Å². The van der Waals surface area contributed by atoms with Gasteiger partial charge in [-0.05, 0) is 61.1 Å². The first kappa shape index (κ1) is 22.3. The fraction of sp³-hybridized carbons (Fsp3) is 0.560. The molecule has 2 N–H and O–H groups in total. The number of allylic oxidation sites excluding steroid dienone is 1. The van der Waals surface area contributed by atoms with E-state index in [-0.39, 0.29) is 30.4 Å². The average Bonchev–Trinajstić information content (AvgIpc) is 3.22. The monoisotopic (exact) mass is 443 g/mol. The highest BCUT2D eigenvalue weighted by atomic mass is 32.1. The Morgan fingerprint density at radius 3 is 2.84 bits per heavy atom. The molecule has 2 aliphatic rings. The molecule has 1 aliphatic heterocycles. The number of thiophene rings is 1. The standard InChI is InChI=1S/C25H33NO4S/c1-2-29-25-19(12-8-14-27)20(21-16-31-23-13-7-6-11-18(21)23)15-22(30-25)24(28)26-17-9-4-3-5-10-17/h6-7,11,13,15-17,19-20,25,27H,2-5,8-10,12,14H2,1H3,(H,26,28)/t19-,20-,25+/m1/s1. The number of carbonyl (C=O) groups excluding carboxylic acids is 1. The van der Waals surface area contributed by atoms with Gasteiger partial charge in [0.1, 0.15) is 0 Å². The van der Waals surface area contributed by atoms with E-state index in [1.165, 1.54) is 34.9 Å². The van der Waals surface area contributed by atoms with Gasteiger partial charge in [0.2, 0.25) is 6.29 Å². The molecule has 3 atom stereocenters. The molecular weight excluding hydrogens is 410 g/mol. The van der Waals surface area contributed by atoms with Gasteiger partial charge in [-0.15, -0.1) is 11.3 Å². The summed E-state index contributed by atoms with van der Waals surface area (Å²) in [6.45, 7) is 2.58. The van der Waals surface area contributed by atoms with Crippen molar-refractivity contribution in [3.8, 4) is 0 Å². The summed E-state index contributed by atoms with van der Waals surface area (Å²) in [6, 6.07) is 8.61. The molecule has 1 aliphatic carbocycles. The van der Waals surface area contributed by atoms with Crippen molar-refractivity contribution in [3.05, 3.63) is 47.0 Å². The zero-order chi connectivity index (χ0) is 21.6. The van der Waals surface area contributed by atoms with Crippen LogP contribution in [0.4, 0.5) is 0 Å².